The van der Waals surface area contributed by atoms with Crippen LogP contribution in [0.1, 0.15) is 35.7 Å². The van der Waals surface area contributed by atoms with E-state index in [1.165, 1.54) is 0 Å². The highest BCUT2D eigenvalue weighted by atomic mass is 16.5. The molecule has 3 rings (SSSR count). The molecule has 5 heteroatoms. The first-order valence-electron chi connectivity index (χ1n) is 10.1. The second-order valence-electron chi connectivity index (χ2n) is 6.91. The van der Waals surface area contributed by atoms with Crippen LogP contribution in [0.4, 0.5) is 11.4 Å². The number of benzene rings is 3. The maximum Gasteiger partial charge on any atom is 0.259 e. The van der Waals surface area contributed by atoms with Crippen LogP contribution in [0.2, 0.25) is 0 Å². The lowest BCUT2D eigenvalue weighted by Gasteiger charge is -2.11. The number of nitrogens with one attached hydrogen (secondary N) is 2. The molecule has 0 aliphatic carbocycles. The maximum atomic E-state index is 12.6. The fourth-order valence-electron chi connectivity index (χ4n) is 2.95. The van der Waals surface area contributed by atoms with Gasteiger partial charge in [0.05, 0.1) is 12.2 Å². The number of carbonyl (C=O) groups excluding carboxylic acids is 2. The normalized spacial score (nSPS) is 10.3. The summed E-state index contributed by atoms with van der Waals surface area (Å²) < 4.78 is 5.65. The molecular formula is C25H26N2O3. The number of rotatable bonds is 9. The molecule has 30 heavy (non-hydrogen) atoms. The van der Waals surface area contributed by atoms with Gasteiger partial charge in [0.25, 0.3) is 5.91 Å². The number of hydrogen-bond donors (Lipinski definition) is 2. The monoisotopic (exact) mass is 402 g/mol. The Balaban J connectivity index is 1.54. The topological polar surface area (TPSA) is 67.4 Å². The molecule has 0 fully saturated rings. The van der Waals surface area contributed by atoms with Crippen molar-refractivity contribution in [1.29, 1.82) is 0 Å². The van der Waals surface area contributed by atoms with Gasteiger partial charge in [-0.1, -0.05) is 49.4 Å². The van der Waals surface area contributed by atoms with Crippen molar-refractivity contribution in [3.8, 4) is 5.75 Å². The summed E-state index contributed by atoms with van der Waals surface area (Å²) in [6.45, 7) is 2.58. The molecule has 0 radical (unpaired) electrons. The van der Waals surface area contributed by atoms with Crippen molar-refractivity contribution < 1.29 is 14.3 Å². The van der Waals surface area contributed by atoms with Gasteiger partial charge in [-0.05, 0) is 54.8 Å². The van der Waals surface area contributed by atoms with Gasteiger partial charge in [0.1, 0.15) is 5.75 Å². The van der Waals surface area contributed by atoms with E-state index in [-0.39, 0.29) is 11.8 Å². The van der Waals surface area contributed by atoms with Gasteiger partial charge in [-0.15, -0.1) is 0 Å². The number of ether oxygens (including phenoxy) is 1. The molecule has 0 atom stereocenters. The highest BCUT2D eigenvalue weighted by Crippen LogP contribution is 2.21. The van der Waals surface area contributed by atoms with E-state index in [1.54, 1.807) is 36.4 Å². The summed E-state index contributed by atoms with van der Waals surface area (Å²) in [5.74, 6) is 0.290. The molecule has 0 unspecified atom stereocenters. The minimum absolute atomic E-state index is 0.0439. The zero-order valence-electron chi connectivity index (χ0n) is 17.1. The van der Waals surface area contributed by atoms with Crippen LogP contribution in [0.5, 0.6) is 5.75 Å². The third-order valence-corrected chi connectivity index (χ3v) is 4.50. The van der Waals surface area contributed by atoms with E-state index in [0.29, 0.717) is 42.1 Å². The lowest BCUT2D eigenvalue weighted by Crippen LogP contribution is -2.14. The zero-order chi connectivity index (χ0) is 21.2. The summed E-state index contributed by atoms with van der Waals surface area (Å²) in [6.07, 6.45) is 1.98. The van der Waals surface area contributed by atoms with Crippen molar-refractivity contribution in [1.82, 2.24) is 0 Å². The van der Waals surface area contributed by atoms with Crippen LogP contribution in [0.25, 0.3) is 0 Å². The molecule has 0 bridgehead atoms. The highest BCUT2D eigenvalue weighted by molar-refractivity contribution is 6.06. The standard InChI is InChI=1S/C25H26N2O3/c1-2-18-30-23-11-7-6-10-22(23)25(29)27-21-15-13-20(14-16-21)26-24(28)17-12-19-8-4-3-5-9-19/h3-11,13-16H,2,12,17-18H2,1H3,(H,26,28)(H,27,29). The second kappa shape index (κ2) is 10.8. The van der Waals surface area contributed by atoms with Crippen molar-refractivity contribution in [2.24, 2.45) is 0 Å². The molecule has 0 saturated carbocycles. The Morgan fingerprint density at radius 3 is 2.13 bits per heavy atom. The van der Waals surface area contributed by atoms with Crippen molar-refractivity contribution in [3.63, 3.8) is 0 Å². The maximum absolute atomic E-state index is 12.6. The third kappa shape index (κ3) is 6.21. The fourth-order valence-corrected chi connectivity index (χ4v) is 2.95. The first-order chi connectivity index (χ1) is 14.7. The van der Waals surface area contributed by atoms with Crippen LogP contribution in [0, 0.1) is 0 Å². The predicted molar refractivity (Wildman–Crippen MR) is 120 cm³/mol. The summed E-state index contributed by atoms with van der Waals surface area (Å²) in [5.41, 5.74) is 2.96. The molecule has 3 aromatic rings. The van der Waals surface area contributed by atoms with Crippen molar-refractivity contribution in [3.05, 3.63) is 90.0 Å². The average Bonchev–Trinajstić information content (AvgIpc) is 2.78. The largest absolute Gasteiger partial charge is 0.493 e. The highest BCUT2D eigenvalue weighted by Gasteiger charge is 2.12. The third-order valence-electron chi connectivity index (χ3n) is 4.50. The quantitative estimate of drug-likeness (QED) is 0.510. The minimum Gasteiger partial charge on any atom is -0.493 e. The first-order valence-corrected chi connectivity index (χ1v) is 10.1. The molecular weight excluding hydrogens is 376 g/mol. The minimum atomic E-state index is -0.235. The molecule has 0 aromatic heterocycles. The molecule has 0 aliphatic rings. The van der Waals surface area contributed by atoms with Gasteiger partial charge in [0.15, 0.2) is 0 Å². The smallest absolute Gasteiger partial charge is 0.259 e. The van der Waals surface area contributed by atoms with E-state index >= 15 is 0 Å². The number of carbonyl (C=O) groups is 2. The van der Waals surface area contributed by atoms with E-state index in [9.17, 15) is 9.59 Å². The number of hydrogen-bond acceptors (Lipinski definition) is 3. The van der Waals surface area contributed by atoms with E-state index in [2.05, 4.69) is 10.6 Å². The zero-order valence-corrected chi connectivity index (χ0v) is 17.1. The molecule has 0 heterocycles. The van der Waals surface area contributed by atoms with E-state index < -0.39 is 0 Å². The van der Waals surface area contributed by atoms with Crippen molar-refractivity contribution in [2.45, 2.75) is 26.2 Å². The van der Waals surface area contributed by atoms with Gasteiger partial charge in [-0.25, -0.2) is 0 Å². The molecule has 2 N–H and O–H groups in total. The molecule has 154 valence electrons. The Labute approximate surface area is 177 Å². The summed E-state index contributed by atoms with van der Waals surface area (Å²) >= 11 is 0. The number of para-hydroxylation sites is 1. The Hall–Kier alpha value is -3.60. The fraction of sp³-hybridized carbons (Fsp3) is 0.200. The second-order valence-corrected chi connectivity index (χ2v) is 6.91. The van der Waals surface area contributed by atoms with E-state index in [4.69, 9.17) is 4.74 Å². The summed E-state index contributed by atoms with van der Waals surface area (Å²) in [6, 6.07) is 24.2. The molecule has 0 saturated heterocycles. The van der Waals surface area contributed by atoms with Gasteiger partial charge < -0.3 is 15.4 Å². The molecule has 0 spiro atoms. The lowest BCUT2D eigenvalue weighted by molar-refractivity contribution is -0.116. The number of aryl methyl sites for hydroxylation is 1. The Bertz CT molecular complexity index is 969. The van der Waals surface area contributed by atoms with Gasteiger partial charge in [0.2, 0.25) is 5.91 Å². The Kier molecular flexibility index (Phi) is 7.61. The Morgan fingerprint density at radius 1 is 0.800 bits per heavy atom. The first kappa shape index (κ1) is 21.1. The van der Waals surface area contributed by atoms with Crippen LogP contribution in [-0.2, 0) is 11.2 Å². The molecule has 0 aliphatic heterocycles. The van der Waals surface area contributed by atoms with Crippen LogP contribution in [0.3, 0.4) is 0 Å². The molecule has 2 amide bonds. The van der Waals surface area contributed by atoms with Gasteiger partial charge in [-0.3, -0.25) is 9.59 Å². The van der Waals surface area contributed by atoms with Gasteiger partial charge in [-0.2, -0.15) is 0 Å². The lowest BCUT2D eigenvalue weighted by atomic mass is 10.1. The molecule has 3 aromatic carbocycles. The average molecular weight is 402 g/mol. The molecule has 5 nitrogen and oxygen atoms in total. The van der Waals surface area contributed by atoms with Gasteiger partial charge in [0, 0.05) is 17.8 Å². The van der Waals surface area contributed by atoms with Crippen LogP contribution < -0.4 is 15.4 Å². The van der Waals surface area contributed by atoms with Crippen LogP contribution >= 0.6 is 0 Å². The summed E-state index contributed by atoms with van der Waals surface area (Å²) in [4.78, 5) is 24.8. The van der Waals surface area contributed by atoms with Gasteiger partial charge >= 0.3 is 0 Å². The Morgan fingerprint density at radius 2 is 1.43 bits per heavy atom. The summed E-state index contributed by atoms with van der Waals surface area (Å²) in [7, 11) is 0. The van der Waals surface area contributed by atoms with Crippen LogP contribution in [0.15, 0.2) is 78.9 Å². The van der Waals surface area contributed by atoms with Crippen molar-refractivity contribution >= 4 is 23.2 Å². The predicted octanol–water partition coefficient (Wildman–Crippen LogP) is 5.30. The van der Waals surface area contributed by atoms with Crippen LogP contribution in [-0.4, -0.2) is 18.4 Å². The number of amides is 2. The van der Waals surface area contributed by atoms with Crippen molar-refractivity contribution in [2.75, 3.05) is 17.2 Å². The number of anilines is 2. The van der Waals surface area contributed by atoms with E-state index in [1.807, 2.05) is 49.4 Å². The SMILES string of the molecule is CCCOc1ccccc1C(=O)Nc1ccc(NC(=O)CCc2ccccc2)cc1. The van der Waals surface area contributed by atoms with E-state index in [0.717, 1.165) is 12.0 Å². The summed E-state index contributed by atoms with van der Waals surface area (Å²) in [5, 5.41) is 5.76.